The maximum absolute atomic E-state index is 11.7. The Bertz CT molecular complexity index is 399. The van der Waals surface area contributed by atoms with Crippen molar-refractivity contribution in [3.63, 3.8) is 0 Å². The fraction of sp³-hybridized carbons (Fsp3) is 0.938. The lowest BCUT2D eigenvalue weighted by atomic mass is 10.1. The molecule has 0 bridgehead atoms. The van der Waals surface area contributed by atoms with Gasteiger partial charge in [0.25, 0.3) is 10.1 Å². The van der Waals surface area contributed by atoms with Gasteiger partial charge in [0, 0.05) is 13.1 Å². The van der Waals surface area contributed by atoms with Gasteiger partial charge in [-0.1, -0.05) is 71.1 Å². The number of amides is 1. The van der Waals surface area contributed by atoms with Crippen LogP contribution in [0.5, 0.6) is 0 Å². The molecule has 0 spiro atoms. The van der Waals surface area contributed by atoms with E-state index in [1.807, 2.05) is 0 Å². The van der Waals surface area contributed by atoms with Gasteiger partial charge >= 0.3 is 0 Å². The average molecular weight is 351 g/mol. The molecule has 0 rings (SSSR count). The number of hydrogen-bond donors (Lipinski definition) is 3. The molecular formula is C16H34N2O4S. The Morgan fingerprint density at radius 3 is 1.91 bits per heavy atom. The van der Waals surface area contributed by atoms with Crippen LogP contribution in [0.2, 0.25) is 0 Å². The van der Waals surface area contributed by atoms with E-state index in [0.29, 0.717) is 6.42 Å². The summed E-state index contributed by atoms with van der Waals surface area (Å²) in [4.78, 5) is 11.7. The van der Waals surface area contributed by atoms with Gasteiger partial charge in [-0.25, -0.2) is 0 Å². The number of rotatable bonds is 15. The van der Waals surface area contributed by atoms with Crippen LogP contribution in [-0.4, -0.2) is 37.2 Å². The Balaban J connectivity index is 3.82. The number of carbonyl (C=O) groups excluding carboxylic acids is 1. The third-order valence-electron chi connectivity index (χ3n) is 3.92. The highest BCUT2D eigenvalue weighted by atomic mass is 32.2. The highest BCUT2D eigenvalue weighted by Crippen LogP contribution is 2.14. The standard InChI is InChI=1S/C16H34N2O4S/c1-2-3-4-5-6-7-8-9-10-11-12-15(23(20,21)22)16(19)18-14-13-17/h15H,2-14,17H2,1H3,(H,18,19)(H,20,21,22). The first kappa shape index (κ1) is 22.3. The summed E-state index contributed by atoms with van der Waals surface area (Å²) >= 11 is 0. The van der Waals surface area contributed by atoms with E-state index in [0.717, 1.165) is 19.3 Å². The summed E-state index contributed by atoms with van der Waals surface area (Å²) in [6.45, 7) is 2.65. The van der Waals surface area contributed by atoms with Gasteiger partial charge in [0.05, 0.1) is 0 Å². The van der Waals surface area contributed by atoms with Crippen molar-refractivity contribution in [3.8, 4) is 0 Å². The minimum atomic E-state index is -4.36. The van der Waals surface area contributed by atoms with Crippen LogP contribution in [0, 0.1) is 0 Å². The summed E-state index contributed by atoms with van der Waals surface area (Å²) in [5, 5.41) is 1.05. The summed E-state index contributed by atoms with van der Waals surface area (Å²) in [7, 11) is -4.36. The van der Waals surface area contributed by atoms with Gasteiger partial charge in [-0.3, -0.25) is 9.35 Å². The van der Waals surface area contributed by atoms with Crippen LogP contribution in [0.25, 0.3) is 0 Å². The third kappa shape index (κ3) is 12.4. The normalized spacial score (nSPS) is 13.0. The first-order valence-corrected chi connectivity index (χ1v) is 10.4. The first-order valence-electron chi connectivity index (χ1n) is 8.87. The lowest BCUT2D eigenvalue weighted by molar-refractivity contribution is -0.120. The zero-order valence-electron chi connectivity index (χ0n) is 14.4. The van der Waals surface area contributed by atoms with Crippen LogP contribution in [0.3, 0.4) is 0 Å². The lowest BCUT2D eigenvalue weighted by Gasteiger charge is -2.13. The van der Waals surface area contributed by atoms with E-state index in [4.69, 9.17) is 5.73 Å². The van der Waals surface area contributed by atoms with Crippen molar-refractivity contribution in [3.05, 3.63) is 0 Å². The number of nitrogens with one attached hydrogen (secondary N) is 1. The minimum absolute atomic E-state index is 0.158. The molecule has 0 aromatic carbocycles. The average Bonchev–Trinajstić information content (AvgIpc) is 2.49. The number of hydrogen-bond acceptors (Lipinski definition) is 4. The molecule has 0 fully saturated rings. The van der Waals surface area contributed by atoms with E-state index in [-0.39, 0.29) is 19.5 Å². The lowest BCUT2D eigenvalue weighted by Crippen LogP contribution is -2.41. The minimum Gasteiger partial charge on any atom is -0.354 e. The van der Waals surface area contributed by atoms with Crippen LogP contribution in [0.1, 0.15) is 77.6 Å². The fourth-order valence-corrected chi connectivity index (χ4v) is 3.36. The van der Waals surface area contributed by atoms with Crippen LogP contribution in [0.4, 0.5) is 0 Å². The zero-order chi connectivity index (χ0) is 17.6. The molecular weight excluding hydrogens is 316 g/mol. The second kappa shape index (κ2) is 13.7. The Morgan fingerprint density at radius 2 is 1.48 bits per heavy atom. The van der Waals surface area contributed by atoms with E-state index >= 15 is 0 Å². The topological polar surface area (TPSA) is 109 Å². The van der Waals surface area contributed by atoms with Crippen molar-refractivity contribution in [2.45, 2.75) is 82.8 Å². The van der Waals surface area contributed by atoms with Gasteiger partial charge in [-0.15, -0.1) is 0 Å². The molecule has 1 atom stereocenters. The number of carbonyl (C=O) groups is 1. The molecule has 0 radical (unpaired) electrons. The summed E-state index contributed by atoms with van der Waals surface area (Å²) in [6, 6.07) is 0. The molecule has 0 aliphatic heterocycles. The predicted octanol–water partition coefficient (Wildman–Crippen LogP) is 2.63. The van der Waals surface area contributed by atoms with Crippen molar-refractivity contribution < 1.29 is 17.8 Å². The molecule has 1 unspecified atom stereocenters. The quantitative estimate of drug-likeness (QED) is 0.311. The van der Waals surface area contributed by atoms with Crippen molar-refractivity contribution in [2.75, 3.05) is 13.1 Å². The van der Waals surface area contributed by atoms with Gasteiger partial charge in [-0.2, -0.15) is 8.42 Å². The number of unbranched alkanes of at least 4 members (excludes halogenated alkanes) is 9. The molecule has 138 valence electrons. The predicted molar refractivity (Wildman–Crippen MR) is 93.9 cm³/mol. The third-order valence-corrected chi connectivity index (χ3v) is 5.08. The van der Waals surface area contributed by atoms with Crippen LogP contribution < -0.4 is 11.1 Å². The summed E-state index contributed by atoms with van der Waals surface area (Å²) < 4.78 is 31.8. The van der Waals surface area contributed by atoms with Crippen molar-refractivity contribution >= 4 is 16.0 Å². The molecule has 6 nitrogen and oxygen atoms in total. The Labute approximate surface area is 141 Å². The van der Waals surface area contributed by atoms with E-state index in [9.17, 15) is 17.8 Å². The van der Waals surface area contributed by atoms with Crippen molar-refractivity contribution in [1.82, 2.24) is 5.32 Å². The molecule has 0 heterocycles. The molecule has 0 aromatic rings. The van der Waals surface area contributed by atoms with Crippen LogP contribution >= 0.6 is 0 Å². The van der Waals surface area contributed by atoms with Gasteiger partial charge in [0.1, 0.15) is 0 Å². The molecule has 4 N–H and O–H groups in total. The van der Waals surface area contributed by atoms with Crippen LogP contribution in [-0.2, 0) is 14.9 Å². The maximum atomic E-state index is 11.7. The van der Waals surface area contributed by atoms with E-state index in [1.54, 1.807) is 0 Å². The molecule has 0 saturated heterocycles. The Kier molecular flexibility index (Phi) is 13.4. The first-order chi connectivity index (χ1) is 10.9. The van der Waals surface area contributed by atoms with Gasteiger partial charge < -0.3 is 11.1 Å². The monoisotopic (exact) mass is 350 g/mol. The molecule has 0 aliphatic rings. The summed E-state index contributed by atoms with van der Waals surface area (Å²) in [5.41, 5.74) is 5.27. The second-order valence-electron chi connectivity index (χ2n) is 6.05. The second-order valence-corrected chi connectivity index (χ2v) is 7.65. The van der Waals surface area contributed by atoms with E-state index in [2.05, 4.69) is 12.2 Å². The number of nitrogens with two attached hydrogens (primary N) is 1. The Hall–Kier alpha value is -0.660. The van der Waals surface area contributed by atoms with Crippen LogP contribution in [0.15, 0.2) is 0 Å². The van der Waals surface area contributed by atoms with Crippen molar-refractivity contribution in [2.24, 2.45) is 5.73 Å². The fourth-order valence-electron chi connectivity index (χ4n) is 2.54. The molecule has 23 heavy (non-hydrogen) atoms. The zero-order valence-corrected chi connectivity index (χ0v) is 15.2. The Morgan fingerprint density at radius 1 is 1.00 bits per heavy atom. The smallest absolute Gasteiger partial charge is 0.276 e. The highest BCUT2D eigenvalue weighted by Gasteiger charge is 2.29. The van der Waals surface area contributed by atoms with Crippen molar-refractivity contribution in [1.29, 1.82) is 0 Å². The SMILES string of the molecule is CCCCCCCCCCCCC(C(=O)NCCN)S(=O)(=O)O. The van der Waals surface area contributed by atoms with Gasteiger partial charge in [0.2, 0.25) is 5.91 Å². The molecule has 0 aliphatic carbocycles. The summed E-state index contributed by atoms with van der Waals surface area (Å²) in [6.07, 6.45) is 11.5. The van der Waals surface area contributed by atoms with E-state index < -0.39 is 21.3 Å². The molecule has 1 amide bonds. The largest absolute Gasteiger partial charge is 0.354 e. The molecule has 0 saturated carbocycles. The van der Waals surface area contributed by atoms with Gasteiger partial charge in [-0.05, 0) is 6.42 Å². The molecule has 0 aromatic heterocycles. The summed E-state index contributed by atoms with van der Waals surface area (Å²) in [5.74, 6) is -0.658. The highest BCUT2D eigenvalue weighted by molar-refractivity contribution is 7.87. The molecule has 7 heteroatoms. The maximum Gasteiger partial charge on any atom is 0.276 e. The van der Waals surface area contributed by atoms with Gasteiger partial charge in [0.15, 0.2) is 5.25 Å². The van der Waals surface area contributed by atoms with E-state index in [1.165, 1.54) is 38.5 Å².